The zero-order valence-corrected chi connectivity index (χ0v) is 26.6. The number of nitrogens with zero attached hydrogens (tertiary/aromatic N) is 3. The van der Waals surface area contributed by atoms with Crippen LogP contribution in [-0.2, 0) is 12.4 Å². The van der Waals surface area contributed by atoms with Crippen LogP contribution in [0.5, 0.6) is 0 Å². The zero-order valence-electron chi connectivity index (χ0n) is 26.6. The van der Waals surface area contributed by atoms with E-state index in [1.54, 1.807) is 57.7 Å². The number of aromatic nitrogens is 2. The second-order valence-electron chi connectivity index (χ2n) is 12.4. The molecule has 8 aromatic rings. The number of rotatable bonds is 3. The number of aryl methyl sites for hydroxylation is 2. The lowest BCUT2D eigenvalue weighted by atomic mass is 9.97. The van der Waals surface area contributed by atoms with Crippen molar-refractivity contribution in [1.82, 2.24) is 9.13 Å². The smallest absolute Gasteiger partial charge is 0.309 e. The number of para-hydroxylation sites is 2. The third-order valence-corrected chi connectivity index (χ3v) is 9.38. The standard InChI is InChI=1S/C41H25F6N3/c1-23-10-8-16-33-37(23)29-12-4-6-14-31(29)49(33)35-20-26(25-18-27(40(42,43)44)22-28(19-25)48-3)21-36(39(35)41(45,46)47)50-32-15-7-5-13-30(32)38-24(2)11-9-17-34(38)50/h4-22H,1-2H3. The monoisotopic (exact) mass is 673 g/mol. The summed E-state index contributed by atoms with van der Waals surface area (Å²) in [5.74, 6) is 0. The molecule has 2 heterocycles. The average molecular weight is 674 g/mol. The number of halogens is 6. The second kappa shape index (κ2) is 11.0. The lowest BCUT2D eigenvalue weighted by Gasteiger charge is -2.23. The van der Waals surface area contributed by atoms with Gasteiger partial charge in [0.1, 0.15) is 5.56 Å². The van der Waals surface area contributed by atoms with E-state index in [0.29, 0.717) is 22.1 Å². The molecule has 0 saturated heterocycles. The van der Waals surface area contributed by atoms with Crippen molar-refractivity contribution < 1.29 is 26.3 Å². The first-order valence-corrected chi connectivity index (χ1v) is 15.7. The van der Waals surface area contributed by atoms with Crippen molar-refractivity contribution in [1.29, 1.82) is 0 Å². The minimum absolute atomic E-state index is 0.0315. The fourth-order valence-electron chi connectivity index (χ4n) is 7.34. The van der Waals surface area contributed by atoms with Gasteiger partial charge in [-0.25, -0.2) is 4.85 Å². The summed E-state index contributed by atoms with van der Waals surface area (Å²) in [6.07, 6.45) is -9.70. The molecule has 0 aliphatic heterocycles. The van der Waals surface area contributed by atoms with E-state index in [0.717, 1.165) is 44.8 Å². The molecule has 0 radical (unpaired) electrons. The molecule has 0 aliphatic rings. The van der Waals surface area contributed by atoms with Gasteiger partial charge in [0.05, 0.1) is 40.0 Å². The molecule has 50 heavy (non-hydrogen) atoms. The Morgan fingerprint density at radius 3 is 1.44 bits per heavy atom. The molecule has 0 spiro atoms. The summed E-state index contributed by atoms with van der Waals surface area (Å²) in [6.45, 7) is 11.3. The highest BCUT2D eigenvalue weighted by Crippen LogP contribution is 2.47. The fourth-order valence-corrected chi connectivity index (χ4v) is 7.34. The van der Waals surface area contributed by atoms with Crippen LogP contribution in [0.15, 0.2) is 115 Å². The minimum atomic E-state index is -4.91. The number of benzene rings is 6. The fraction of sp³-hybridized carbons (Fsp3) is 0.0976. The molecule has 0 atom stereocenters. The molecule has 246 valence electrons. The topological polar surface area (TPSA) is 14.2 Å². The van der Waals surface area contributed by atoms with Crippen molar-refractivity contribution in [3.05, 3.63) is 149 Å². The SMILES string of the molecule is [C-]#[N+]c1cc(-c2cc(-n3c4ccccc4c4c(C)cccc43)c(C(F)(F)F)c(-n3c4ccccc4c4c(C)cccc43)c2)cc(C(F)(F)F)c1. The van der Waals surface area contributed by atoms with Crippen molar-refractivity contribution in [2.45, 2.75) is 26.2 Å². The van der Waals surface area contributed by atoms with Crippen LogP contribution in [0.3, 0.4) is 0 Å². The third kappa shape index (κ3) is 4.74. The van der Waals surface area contributed by atoms with Gasteiger partial charge >= 0.3 is 12.4 Å². The first-order chi connectivity index (χ1) is 23.9. The van der Waals surface area contributed by atoms with E-state index in [4.69, 9.17) is 6.57 Å². The van der Waals surface area contributed by atoms with E-state index in [1.807, 2.05) is 50.2 Å². The van der Waals surface area contributed by atoms with Gasteiger partial charge in [0, 0.05) is 27.1 Å². The van der Waals surface area contributed by atoms with Gasteiger partial charge in [0.25, 0.3) is 0 Å². The Labute approximate surface area is 282 Å². The van der Waals surface area contributed by atoms with Gasteiger partial charge in [0.15, 0.2) is 5.69 Å². The molecule has 0 amide bonds. The summed E-state index contributed by atoms with van der Waals surface area (Å²) < 4.78 is 93.2. The first-order valence-electron chi connectivity index (χ1n) is 15.7. The van der Waals surface area contributed by atoms with Crippen LogP contribution in [0, 0.1) is 20.4 Å². The predicted molar refractivity (Wildman–Crippen MR) is 186 cm³/mol. The Hall–Kier alpha value is -6.01. The maximum atomic E-state index is 15.9. The van der Waals surface area contributed by atoms with E-state index >= 15 is 13.2 Å². The Morgan fingerprint density at radius 1 is 0.520 bits per heavy atom. The molecule has 0 N–H and O–H groups in total. The summed E-state index contributed by atoms with van der Waals surface area (Å²) in [4.78, 5) is 3.28. The number of fused-ring (bicyclic) bond motifs is 6. The molecule has 0 aliphatic carbocycles. The van der Waals surface area contributed by atoms with Gasteiger partial charge in [-0.1, -0.05) is 60.7 Å². The highest BCUT2D eigenvalue weighted by atomic mass is 19.4. The first kappa shape index (κ1) is 31.3. The predicted octanol–water partition coefficient (Wildman–Crippen LogP) is 12.8. The summed E-state index contributed by atoms with van der Waals surface area (Å²) in [5.41, 5.74) is 1.04. The summed E-state index contributed by atoms with van der Waals surface area (Å²) in [6, 6.07) is 30.6. The van der Waals surface area contributed by atoms with Gasteiger partial charge in [-0.05, 0) is 90.7 Å². The van der Waals surface area contributed by atoms with Crippen LogP contribution in [0.25, 0.3) is 71.0 Å². The molecule has 2 aromatic heterocycles. The van der Waals surface area contributed by atoms with E-state index in [1.165, 1.54) is 18.2 Å². The van der Waals surface area contributed by atoms with Crippen LogP contribution in [0.1, 0.15) is 22.3 Å². The van der Waals surface area contributed by atoms with Gasteiger partial charge in [-0.2, -0.15) is 26.3 Å². The maximum absolute atomic E-state index is 15.9. The van der Waals surface area contributed by atoms with Crippen LogP contribution >= 0.6 is 0 Å². The Bertz CT molecular complexity index is 2580. The van der Waals surface area contributed by atoms with Crippen LogP contribution < -0.4 is 0 Å². The van der Waals surface area contributed by atoms with Gasteiger partial charge in [-0.15, -0.1) is 0 Å². The largest absolute Gasteiger partial charge is 0.420 e. The molecule has 0 unspecified atom stereocenters. The van der Waals surface area contributed by atoms with Crippen molar-refractivity contribution >= 4 is 49.3 Å². The van der Waals surface area contributed by atoms with E-state index in [9.17, 15) is 13.2 Å². The van der Waals surface area contributed by atoms with E-state index in [2.05, 4.69) is 4.85 Å². The Balaban J connectivity index is 1.62. The maximum Gasteiger partial charge on any atom is 0.420 e. The molecular weight excluding hydrogens is 648 g/mol. The molecule has 9 heteroatoms. The quantitative estimate of drug-likeness (QED) is 0.131. The Morgan fingerprint density at radius 2 is 0.980 bits per heavy atom. The average Bonchev–Trinajstić information content (AvgIpc) is 3.61. The molecule has 0 fully saturated rings. The van der Waals surface area contributed by atoms with E-state index < -0.39 is 23.5 Å². The van der Waals surface area contributed by atoms with Crippen LogP contribution in [0.4, 0.5) is 32.0 Å². The minimum Gasteiger partial charge on any atom is -0.309 e. The van der Waals surface area contributed by atoms with Crippen molar-refractivity contribution in [2.24, 2.45) is 0 Å². The molecular formula is C41H25F6N3. The Kier molecular flexibility index (Phi) is 6.88. The molecule has 8 rings (SSSR count). The van der Waals surface area contributed by atoms with Crippen molar-refractivity contribution in [3.8, 4) is 22.5 Å². The highest BCUT2D eigenvalue weighted by molar-refractivity contribution is 6.12. The molecule has 0 saturated carbocycles. The van der Waals surface area contributed by atoms with Crippen molar-refractivity contribution in [2.75, 3.05) is 0 Å². The van der Waals surface area contributed by atoms with Gasteiger partial charge in [0.2, 0.25) is 0 Å². The zero-order chi connectivity index (χ0) is 35.1. The van der Waals surface area contributed by atoms with Gasteiger partial charge in [-0.3, -0.25) is 0 Å². The van der Waals surface area contributed by atoms with Gasteiger partial charge < -0.3 is 9.13 Å². The normalized spacial score (nSPS) is 12.4. The van der Waals surface area contributed by atoms with Crippen LogP contribution in [0.2, 0.25) is 0 Å². The highest BCUT2D eigenvalue weighted by Gasteiger charge is 2.40. The number of hydrogen-bond acceptors (Lipinski definition) is 0. The van der Waals surface area contributed by atoms with E-state index in [-0.39, 0.29) is 28.2 Å². The molecule has 6 aromatic carbocycles. The summed E-state index contributed by atoms with van der Waals surface area (Å²) in [7, 11) is 0. The van der Waals surface area contributed by atoms with Crippen LogP contribution in [-0.4, -0.2) is 9.13 Å². The number of hydrogen-bond donors (Lipinski definition) is 0. The summed E-state index contributed by atoms with van der Waals surface area (Å²) in [5, 5.41) is 3.01. The second-order valence-corrected chi connectivity index (χ2v) is 12.4. The summed E-state index contributed by atoms with van der Waals surface area (Å²) >= 11 is 0. The van der Waals surface area contributed by atoms with Crippen molar-refractivity contribution in [3.63, 3.8) is 0 Å². The molecule has 0 bridgehead atoms. The lowest BCUT2D eigenvalue weighted by Crippen LogP contribution is -2.16. The molecule has 3 nitrogen and oxygen atoms in total. The number of alkyl halides is 6. The third-order valence-electron chi connectivity index (χ3n) is 9.38. The lowest BCUT2D eigenvalue weighted by molar-refractivity contribution is -0.138.